The van der Waals surface area contributed by atoms with Crippen molar-refractivity contribution in [2.45, 2.75) is 0 Å². The van der Waals surface area contributed by atoms with Crippen LogP contribution in [-0.4, -0.2) is 22.3 Å². The topological polar surface area (TPSA) is 67.3 Å². The summed E-state index contributed by atoms with van der Waals surface area (Å²) in [6, 6.07) is 2.78. The lowest BCUT2D eigenvalue weighted by atomic mass is 10.2. The molecule has 0 atom stereocenters. The van der Waals surface area contributed by atoms with Crippen molar-refractivity contribution in [2.75, 3.05) is 0 Å². The number of aldehydes is 1. The van der Waals surface area contributed by atoms with E-state index in [1.807, 2.05) is 0 Å². The summed E-state index contributed by atoms with van der Waals surface area (Å²) in [5.74, 6) is -1.01. The molecule has 1 rings (SSSR count). The van der Waals surface area contributed by atoms with Gasteiger partial charge in [0.25, 0.3) is 0 Å². The molecule has 0 aromatic carbocycles. The number of carboxylic acids is 1. The van der Waals surface area contributed by atoms with Crippen LogP contribution in [0.2, 0.25) is 0 Å². The third-order valence-electron chi connectivity index (χ3n) is 1.37. The monoisotopic (exact) mass is 177 g/mol. The van der Waals surface area contributed by atoms with Crippen molar-refractivity contribution in [3.8, 4) is 0 Å². The Morgan fingerprint density at radius 1 is 1.54 bits per heavy atom. The van der Waals surface area contributed by atoms with Crippen LogP contribution in [0.1, 0.15) is 16.1 Å². The highest BCUT2D eigenvalue weighted by molar-refractivity contribution is 5.88. The quantitative estimate of drug-likeness (QED) is 0.552. The molecule has 0 aliphatic heterocycles. The van der Waals surface area contributed by atoms with E-state index in [1.54, 1.807) is 0 Å². The van der Waals surface area contributed by atoms with Crippen molar-refractivity contribution in [3.63, 3.8) is 0 Å². The van der Waals surface area contributed by atoms with Crippen LogP contribution in [0.25, 0.3) is 6.08 Å². The molecule has 1 aromatic rings. The first kappa shape index (κ1) is 9.12. The van der Waals surface area contributed by atoms with Crippen LogP contribution in [0.4, 0.5) is 0 Å². The Hall–Kier alpha value is -1.97. The molecule has 0 amide bonds. The first-order valence-electron chi connectivity index (χ1n) is 3.55. The molecule has 0 saturated heterocycles. The van der Waals surface area contributed by atoms with Gasteiger partial charge >= 0.3 is 5.97 Å². The van der Waals surface area contributed by atoms with Gasteiger partial charge in [0.15, 0.2) is 0 Å². The van der Waals surface area contributed by atoms with E-state index in [0.717, 1.165) is 0 Å². The highest BCUT2D eigenvalue weighted by Gasteiger charge is 2.01. The zero-order valence-corrected chi connectivity index (χ0v) is 6.68. The zero-order chi connectivity index (χ0) is 9.68. The molecule has 0 saturated carbocycles. The summed E-state index contributed by atoms with van der Waals surface area (Å²) in [5.41, 5.74) is 0.604. The van der Waals surface area contributed by atoms with E-state index in [0.29, 0.717) is 12.0 Å². The van der Waals surface area contributed by atoms with Crippen LogP contribution in [0, 0.1) is 0 Å². The molecule has 0 unspecified atom stereocenters. The maximum absolute atomic E-state index is 10.5. The second-order valence-corrected chi connectivity index (χ2v) is 2.27. The Bertz CT molecular complexity index is 358. The molecule has 4 heteroatoms. The van der Waals surface area contributed by atoms with Crippen molar-refractivity contribution in [2.24, 2.45) is 0 Å². The molecule has 0 aliphatic rings. The molecule has 0 radical (unpaired) electrons. The first-order chi connectivity index (χ1) is 6.24. The molecule has 4 nitrogen and oxygen atoms in total. The predicted molar refractivity (Wildman–Crippen MR) is 46.3 cm³/mol. The van der Waals surface area contributed by atoms with E-state index < -0.39 is 5.97 Å². The van der Waals surface area contributed by atoms with Crippen molar-refractivity contribution < 1.29 is 14.7 Å². The number of carbonyl (C=O) groups excluding carboxylic acids is 1. The molecule has 0 spiro atoms. The number of pyridine rings is 1. The average molecular weight is 177 g/mol. The minimum absolute atomic E-state index is 0.153. The number of aromatic carboxylic acids is 1. The van der Waals surface area contributed by atoms with Crippen molar-refractivity contribution in [1.29, 1.82) is 0 Å². The van der Waals surface area contributed by atoms with E-state index in [4.69, 9.17) is 5.11 Å². The third kappa shape index (κ3) is 2.52. The maximum Gasteiger partial charge on any atom is 0.335 e. The number of rotatable bonds is 3. The van der Waals surface area contributed by atoms with E-state index >= 15 is 0 Å². The average Bonchev–Trinajstić information content (AvgIpc) is 2.15. The van der Waals surface area contributed by atoms with Gasteiger partial charge in [-0.1, -0.05) is 0 Å². The smallest absolute Gasteiger partial charge is 0.335 e. The largest absolute Gasteiger partial charge is 0.478 e. The molecule has 1 N–H and O–H groups in total. The summed E-state index contributed by atoms with van der Waals surface area (Å²) in [5, 5.41) is 8.61. The zero-order valence-electron chi connectivity index (χ0n) is 6.68. The lowest BCUT2D eigenvalue weighted by molar-refractivity contribution is -0.104. The molecule has 66 valence electrons. The highest BCUT2D eigenvalue weighted by atomic mass is 16.4. The Balaban J connectivity index is 2.98. The number of hydrogen-bond donors (Lipinski definition) is 1. The summed E-state index contributed by atoms with van der Waals surface area (Å²) < 4.78 is 0. The van der Waals surface area contributed by atoms with E-state index in [9.17, 15) is 9.59 Å². The highest BCUT2D eigenvalue weighted by Crippen LogP contribution is 2.02. The fraction of sp³-hybridized carbons (Fsp3) is 0. The summed E-state index contributed by atoms with van der Waals surface area (Å²) in [4.78, 5) is 24.3. The summed E-state index contributed by atoms with van der Waals surface area (Å²) in [7, 11) is 0. The second kappa shape index (κ2) is 4.15. The SMILES string of the molecule is O=CC=Cc1cc(C(=O)O)ccn1. The number of allylic oxidation sites excluding steroid dienone is 1. The van der Waals surface area contributed by atoms with Crippen LogP contribution in [0.15, 0.2) is 24.4 Å². The van der Waals surface area contributed by atoms with Crippen LogP contribution in [0.3, 0.4) is 0 Å². The van der Waals surface area contributed by atoms with Crippen LogP contribution in [0.5, 0.6) is 0 Å². The Morgan fingerprint density at radius 3 is 2.92 bits per heavy atom. The lowest BCUT2D eigenvalue weighted by Gasteiger charge is -1.94. The summed E-state index contributed by atoms with van der Waals surface area (Å²) in [6.07, 6.45) is 4.69. The van der Waals surface area contributed by atoms with Crippen LogP contribution < -0.4 is 0 Å². The second-order valence-electron chi connectivity index (χ2n) is 2.27. The molecule has 0 bridgehead atoms. The standard InChI is InChI=1S/C9H7NO3/c11-5-1-2-8-6-7(9(12)13)3-4-10-8/h1-6H,(H,12,13). The van der Waals surface area contributed by atoms with Crippen LogP contribution in [-0.2, 0) is 4.79 Å². The summed E-state index contributed by atoms with van der Waals surface area (Å²) in [6.45, 7) is 0. The minimum atomic E-state index is -1.01. The maximum atomic E-state index is 10.5. The molecular weight excluding hydrogens is 170 g/mol. The fourth-order valence-corrected chi connectivity index (χ4v) is 0.810. The van der Waals surface area contributed by atoms with Gasteiger partial charge in [-0.25, -0.2) is 4.79 Å². The van der Waals surface area contributed by atoms with Gasteiger partial charge in [0.05, 0.1) is 11.3 Å². The van der Waals surface area contributed by atoms with Gasteiger partial charge in [0.1, 0.15) is 6.29 Å². The van der Waals surface area contributed by atoms with Crippen molar-refractivity contribution in [1.82, 2.24) is 4.98 Å². The van der Waals surface area contributed by atoms with Gasteiger partial charge in [0, 0.05) is 6.20 Å². The van der Waals surface area contributed by atoms with E-state index in [-0.39, 0.29) is 5.56 Å². The van der Waals surface area contributed by atoms with Gasteiger partial charge in [-0.15, -0.1) is 0 Å². The molecular formula is C9H7NO3. The molecule has 1 heterocycles. The number of hydrogen-bond acceptors (Lipinski definition) is 3. The third-order valence-corrected chi connectivity index (χ3v) is 1.37. The van der Waals surface area contributed by atoms with Gasteiger partial charge in [0.2, 0.25) is 0 Å². The molecule has 13 heavy (non-hydrogen) atoms. The lowest BCUT2D eigenvalue weighted by Crippen LogP contribution is -1.96. The number of nitrogens with zero attached hydrogens (tertiary/aromatic N) is 1. The Labute approximate surface area is 74.5 Å². The van der Waals surface area contributed by atoms with Gasteiger partial charge in [-0.3, -0.25) is 9.78 Å². The Kier molecular flexibility index (Phi) is 2.92. The molecule has 0 aliphatic carbocycles. The van der Waals surface area contributed by atoms with Crippen molar-refractivity contribution >= 4 is 18.3 Å². The van der Waals surface area contributed by atoms with Crippen molar-refractivity contribution in [3.05, 3.63) is 35.7 Å². The normalized spacial score (nSPS) is 10.2. The number of carboxylic acid groups (broad SMARTS) is 1. The van der Waals surface area contributed by atoms with Gasteiger partial charge in [-0.05, 0) is 24.3 Å². The fourth-order valence-electron chi connectivity index (χ4n) is 0.810. The van der Waals surface area contributed by atoms with E-state index in [1.165, 1.54) is 30.5 Å². The molecule has 1 aromatic heterocycles. The Morgan fingerprint density at radius 2 is 2.31 bits per heavy atom. The number of aromatic nitrogens is 1. The van der Waals surface area contributed by atoms with Gasteiger partial charge in [-0.2, -0.15) is 0 Å². The first-order valence-corrected chi connectivity index (χ1v) is 3.55. The molecule has 0 fully saturated rings. The summed E-state index contributed by atoms with van der Waals surface area (Å²) >= 11 is 0. The van der Waals surface area contributed by atoms with Gasteiger partial charge < -0.3 is 5.11 Å². The van der Waals surface area contributed by atoms with E-state index in [2.05, 4.69) is 4.98 Å². The predicted octanol–water partition coefficient (Wildman–Crippen LogP) is 0.992. The van der Waals surface area contributed by atoms with Crippen LogP contribution >= 0.6 is 0 Å². The minimum Gasteiger partial charge on any atom is -0.478 e. The number of carbonyl (C=O) groups is 2.